The van der Waals surface area contributed by atoms with Crippen LogP contribution in [0.2, 0.25) is 0 Å². The van der Waals surface area contributed by atoms with E-state index >= 15 is 0 Å². The van der Waals surface area contributed by atoms with E-state index in [4.69, 9.17) is 0 Å². The van der Waals surface area contributed by atoms with Crippen LogP contribution >= 0.6 is 0 Å². The lowest BCUT2D eigenvalue weighted by Gasteiger charge is -2.30. The first-order valence-corrected chi connectivity index (χ1v) is 11.8. The number of carbonyl (C=O) groups excluding carboxylic acids is 1. The monoisotopic (exact) mass is 438 g/mol. The molecule has 1 amide bonds. The minimum absolute atomic E-state index is 0.101. The zero-order valence-electron chi connectivity index (χ0n) is 17.9. The summed E-state index contributed by atoms with van der Waals surface area (Å²) in [6.45, 7) is 6.29. The van der Waals surface area contributed by atoms with Gasteiger partial charge in [0.05, 0.1) is 16.3 Å². The molecule has 1 N–H and O–H groups in total. The first-order valence-electron chi connectivity index (χ1n) is 10.4. The number of nitrogens with zero attached hydrogens (tertiary/aromatic N) is 3. The summed E-state index contributed by atoms with van der Waals surface area (Å²) in [5, 5.41) is 7.26. The minimum Gasteiger partial charge on any atom is -0.307 e. The minimum atomic E-state index is -3.70. The first-order chi connectivity index (χ1) is 14.8. The van der Waals surface area contributed by atoms with Crippen LogP contribution in [0, 0.1) is 6.92 Å². The number of aromatic nitrogens is 2. The number of hydrogen-bond donors (Lipinski definition) is 1. The lowest BCUT2D eigenvalue weighted by Crippen LogP contribution is -2.35. The predicted molar refractivity (Wildman–Crippen MR) is 121 cm³/mol. The zero-order chi connectivity index (χ0) is 22.2. The Balaban J connectivity index is 1.57. The average molecular weight is 439 g/mol. The zero-order valence-corrected chi connectivity index (χ0v) is 18.7. The van der Waals surface area contributed by atoms with Gasteiger partial charge in [0.25, 0.3) is 15.9 Å². The Hall–Kier alpha value is -3.13. The summed E-state index contributed by atoms with van der Waals surface area (Å²) in [6, 6.07) is 15.6. The second kappa shape index (κ2) is 8.19. The van der Waals surface area contributed by atoms with Crippen LogP contribution in [0.5, 0.6) is 0 Å². The van der Waals surface area contributed by atoms with Crippen molar-refractivity contribution in [1.29, 1.82) is 0 Å². The molecule has 0 saturated carbocycles. The van der Waals surface area contributed by atoms with E-state index in [9.17, 15) is 13.2 Å². The van der Waals surface area contributed by atoms with Crippen LogP contribution in [0.4, 0.5) is 11.5 Å². The molecular weight excluding hydrogens is 412 g/mol. The van der Waals surface area contributed by atoms with E-state index in [-0.39, 0.29) is 16.8 Å². The van der Waals surface area contributed by atoms with E-state index in [0.717, 1.165) is 29.8 Å². The molecular formula is C23H26N4O3S. The molecule has 31 heavy (non-hydrogen) atoms. The van der Waals surface area contributed by atoms with Gasteiger partial charge in [-0.2, -0.15) is 5.10 Å². The molecule has 1 aliphatic heterocycles. The van der Waals surface area contributed by atoms with Gasteiger partial charge < -0.3 is 5.32 Å². The summed E-state index contributed by atoms with van der Waals surface area (Å²) in [5.74, 6) is 0.299. The van der Waals surface area contributed by atoms with E-state index in [1.165, 1.54) is 16.4 Å². The van der Waals surface area contributed by atoms with E-state index < -0.39 is 10.0 Å². The topological polar surface area (TPSA) is 84.3 Å². The molecule has 0 bridgehead atoms. The number of amides is 1. The Labute approximate surface area is 182 Å². The summed E-state index contributed by atoms with van der Waals surface area (Å²) < 4.78 is 29.7. The Morgan fingerprint density at radius 1 is 1.10 bits per heavy atom. The van der Waals surface area contributed by atoms with E-state index in [1.807, 2.05) is 51.1 Å². The predicted octanol–water partition coefficient (Wildman–Crippen LogP) is 4.17. The van der Waals surface area contributed by atoms with Crippen LogP contribution in [0.25, 0.3) is 0 Å². The van der Waals surface area contributed by atoms with Crippen LogP contribution in [0.3, 0.4) is 0 Å². The number of aryl methyl sites for hydroxylation is 2. The van der Waals surface area contributed by atoms with E-state index in [0.29, 0.717) is 17.9 Å². The van der Waals surface area contributed by atoms with Crippen LogP contribution in [0.15, 0.2) is 59.5 Å². The normalized spacial score (nSPS) is 13.9. The Morgan fingerprint density at radius 2 is 1.81 bits per heavy atom. The molecule has 0 fully saturated rings. The van der Waals surface area contributed by atoms with Crippen molar-refractivity contribution < 1.29 is 13.2 Å². The van der Waals surface area contributed by atoms with Gasteiger partial charge in [-0.25, -0.2) is 13.1 Å². The van der Waals surface area contributed by atoms with Gasteiger partial charge in [0, 0.05) is 24.2 Å². The second-order valence-electron chi connectivity index (χ2n) is 8.00. The molecule has 162 valence electrons. The third kappa shape index (κ3) is 4.07. The molecule has 4 rings (SSSR count). The van der Waals surface area contributed by atoms with Gasteiger partial charge in [0.1, 0.15) is 5.82 Å². The van der Waals surface area contributed by atoms with Gasteiger partial charge in [0.2, 0.25) is 0 Å². The summed E-state index contributed by atoms with van der Waals surface area (Å²) in [6.07, 6.45) is 1.65. The molecule has 2 aromatic carbocycles. The van der Waals surface area contributed by atoms with Gasteiger partial charge in [0.15, 0.2) is 0 Å². The van der Waals surface area contributed by atoms with Crippen molar-refractivity contribution in [2.75, 3.05) is 16.2 Å². The van der Waals surface area contributed by atoms with Crippen molar-refractivity contribution in [3.8, 4) is 0 Å². The maximum Gasteiger partial charge on any atom is 0.264 e. The molecule has 0 unspecified atom stereocenters. The molecule has 1 aromatic heterocycles. The molecule has 1 aliphatic rings. The maximum atomic E-state index is 13.3. The number of rotatable bonds is 5. The number of fused-ring (bicyclic) bond motifs is 1. The van der Waals surface area contributed by atoms with Gasteiger partial charge in [-0.05, 0) is 69.5 Å². The van der Waals surface area contributed by atoms with Gasteiger partial charge in [-0.1, -0.05) is 18.2 Å². The first kappa shape index (κ1) is 21.1. The quantitative estimate of drug-likeness (QED) is 0.648. The molecule has 8 heteroatoms. The van der Waals surface area contributed by atoms with E-state index in [2.05, 4.69) is 10.4 Å². The largest absolute Gasteiger partial charge is 0.307 e. The number of nitrogens with one attached hydrogen (secondary N) is 1. The number of hydrogen-bond acceptors (Lipinski definition) is 4. The Bertz CT molecular complexity index is 1210. The van der Waals surface area contributed by atoms with Gasteiger partial charge in [-0.15, -0.1) is 0 Å². The van der Waals surface area contributed by atoms with Crippen molar-refractivity contribution in [3.05, 3.63) is 71.4 Å². The highest BCUT2D eigenvalue weighted by molar-refractivity contribution is 7.92. The summed E-state index contributed by atoms with van der Waals surface area (Å²) in [4.78, 5) is 12.9. The molecule has 7 nitrogen and oxygen atoms in total. The van der Waals surface area contributed by atoms with Crippen molar-refractivity contribution in [3.63, 3.8) is 0 Å². The molecule has 2 heterocycles. The van der Waals surface area contributed by atoms with Crippen LogP contribution < -0.4 is 9.62 Å². The van der Waals surface area contributed by atoms with E-state index in [1.54, 1.807) is 16.8 Å². The third-order valence-electron chi connectivity index (χ3n) is 5.36. The average Bonchev–Trinajstić information content (AvgIpc) is 3.13. The summed E-state index contributed by atoms with van der Waals surface area (Å²) in [7, 11) is -3.70. The molecule has 0 atom stereocenters. The van der Waals surface area contributed by atoms with Crippen LogP contribution in [-0.4, -0.2) is 30.7 Å². The molecule has 3 aromatic rings. The van der Waals surface area contributed by atoms with Crippen molar-refractivity contribution in [1.82, 2.24) is 9.78 Å². The fraction of sp³-hybridized carbons (Fsp3) is 0.304. The van der Waals surface area contributed by atoms with Crippen molar-refractivity contribution in [2.24, 2.45) is 0 Å². The molecule has 0 spiro atoms. The smallest absolute Gasteiger partial charge is 0.264 e. The van der Waals surface area contributed by atoms with Crippen LogP contribution in [-0.2, 0) is 16.4 Å². The molecule has 0 saturated heterocycles. The van der Waals surface area contributed by atoms with Crippen LogP contribution in [0.1, 0.15) is 47.9 Å². The fourth-order valence-corrected chi connectivity index (χ4v) is 5.39. The van der Waals surface area contributed by atoms with Crippen molar-refractivity contribution >= 4 is 27.4 Å². The maximum absolute atomic E-state index is 13.3. The molecule has 0 radical (unpaired) electrons. The second-order valence-corrected chi connectivity index (χ2v) is 9.86. The number of anilines is 2. The lowest BCUT2D eigenvalue weighted by atomic mass is 10.0. The number of carbonyl (C=O) groups is 1. The molecule has 0 aliphatic carbocycles. The highest BCUT2D eigenvalue weighted by Crippen LogP contribution is 2.31. The number of benzene rings is 2. The Morgan fingerprint density at radius 3 is 2.52 bits per heavy atom. The van der Waals surface area contributed by atoms with Crippen molar-refractivity contribution in [2.45, 2.75) is 44.6 Å². The fourth-order valence-electron chi connectivity index (χ4n) is 3.85. The SMILES string of the molecule is Cc1cc(NC(=O)c2ccc(S(=O)(=O)N3CCCc4ccccc43)cc2)n(C(C)C)n1. The van der Waals surface area contributed by atoms with Gasteiger partial charge >= 0.3 is 0 Å². The standard InChI is InChI=1S/C23H26N4O3S/c1-16(2)27-22(15-17(3)25-27)24-23(28)19-10-12-20(13-11-19)31(29,30)26-14-6-8-18-7-4-5-9-21(18)26/h4-5,7,9-13,15-16H,6,8,14H2,1-3H3,(H,24,28). The summed E-state index contributed by atoms with van der Waals surface area (Å²) >= 11 is 0. The highest BCUT2D eigenvalue weighted by atomic mass is 32.2. The highest BCUT2D eigenvalue weighted by Gasteiger charge is 2.29. The lowest BCUT2D eigenvalue weighted by molar-refractivity contribution is 0.102. The summed E-state index contributed by atoms with van der Waals surface area (Å²) in [5.41, 5.74) is 2.96. The third-order valence-corrected chi connectivity index (χ3v) is 7.19. The number of sulfonamides is 1. The number of para-hydroxylation sites is 1. The Kier molecular flexibility index (Phi) is 5.58. The van der Waals surface area contributed by atoms with Gasteiger partial charge in [-0.3, -0.25) is 9.10 Å².